The third-order valence-corrected chi connectivity index (χ3v) is 6.85. The van der Waals surface area contributed by atoms with Crippen LogP contribution in [0.4, 0.5) is 11.4 Å². The van der Waals surface area contributed by atoms with Crippen molar-refractivity contribution in [3.05, 3.63) is 75.7 Å². The van der Waals surface area contributed by atoms with Gasteiger partial charge in [-0.15, -0.1) is 11.8 Å². The molecule has 2 heterocycles. The maximum absolute atomic E-state index is 12.9. The molecule has 0 fully saturated rings. The number of hydrogen-bond donors (Lipinski definition) is 1. The first-order valence-electron chi connectivity index (χ1n) is 11.0. The lowest BCUT2D eigenvalue weighted by atomic mass is 10.00. The molecule has 8 heteroatoms. The number of nitrogens with zero attached hydrogens (tertiary/aromatic N) is 3. The van der Waals surface area contributed by atoms with Gasteiger partial charge in [-0.1, -0.05) is 35.9 Å². The molecule has 0 saturated heterocycles. The van der Waals surface area contributed by atoms with Crippen LogP contribution in [-0.2, 0) is 23.1 Å². The van der Waals surface area contributed by atoms with E-state index in [1.807, 2.05) is 47.4 Å². The van der Waals surface area contributed by atoms with Gasteiger partial charge in [-0.25, -0.2) is 4.68 Å². The average molecular weight is 465 g/mol. The van der Waals surface area contributed by atoms with Crippen LogP contribution >= 0.6 is 11.8 Å². The molecule has 2 amide bonds. The van der Waals surface area contributed by atoms with E-state index in [2.05, 4.69) is 18.3 Å². The first kappa shape index (κ1) is 22.9. The Kier molecular flexibility index (Phi) is 6.74. The Hall–Kier alpha value is -3.26. The molecule has 1 aliphatic rings. The van der Waals surface area contributed by atoms with Crippen molar-refractivity contribution in [3.8, 4) is 5.69 Å². The summed E-state index contributed by atoms with van der Waals surface area (Å²) in [5.74, 6) is 0.00997. The quantitative estimate of drug-likeness (QED) is 0.606. The van der Waals surface area contributed by atoms with Gasteiger partial charge in [0, 0.05) is 19.3 Å². The molecule has 3 aromatic rings. The number of aromatic nitrogens is 2. The second kappa shape index (κ2) is 9.70. The summed E-state index contributed by atoms with van der Waals surface area (Å²) in [5, 5.41) is 2.75. The molecule has 2 aromatic carbocycles. The van der Waals surface area contributed by atoms with Gasteiger partial charge in [0.25, 0.3) is 5.56 Å². The van der Waals surface area contributed by atoms with E-state index < -0.39 is 0 Å². The first-order valence-corrected chi connectivity index (χ1v) is 12.1. The van der Waals surface area contributed by atoms with Crippen LogP contribution in [0.1, 0.15) is 23.2 Å². The van der Waals surface area contributed by atoms with Crippen molar-refractivity contribution >= 4 is 35.0 Å². The number of hydrogen-bond acceptors (Lipinski definition) is 4. The van der Waals surface area contributed by atoms with Crippen LogP contribution < -0.4 is 15.8 Å². The molecule has 0 aliphatic carbocycles. The predicted octanol–water partition coefficient (Wildman–Crippen LogP) is 3.44. The Morgan fingerprint density at radius 2 is 1.82 bits per heavy atom. The molecule has 0 radical (unpaired) electrons. The van der Waals surface area contributed by atoms with Gasteiger partial charge < -0.3 is 10.2 Å². The minimum absolute atomic E-state index is 0.0000666. The molecule has 0 unspecified atom stereocenters. The molecule has 0 bridgehead atoms. The molecule has 0 spiro atoms. The number of thioether (sulfide) groups is 1. The highest BCUT2D eigenvalue weighted by Gasteiger charge is 2.23. The standard InChI is InChI=1S/C25H28N4O3S/c1-17-11-12-21-19(14-17)8-7-13-28(21)23(31)16-33-15-22(30)26-24-18(2)27(3)29(25(24)32)20-9-5-4-6-10-20/h4-6,9-12,14H,7-8,13,15-16H2,1-3H3,(H,26,30). The highest BCUT2D eigenvalue weighted by Crippen LogP contribution is 2.28. The van der Waals surface area contributed by atoms with Crippen LogP contribution in [0.5, 0.6) is 0 Å². The first-order chi connectivity index (χ1) is 15.9. The van der Waals surface area contributed by atoms with Gasteiger partial charge in [0.15, 0.2) is 0 Å². The smallest absolute Gasteiger partial charge is 0.295 e. The maximum atomic E-state index is 12.9. The van der Waals surface area contributed by atoms with Gasteiger partial charge in [0.2, 0.25) is 11.8 Å². The Morgan fingerprint density at radius 1 is 1.06 bits per heavy atom. The lowest BCUT2D eigenvalue weighted by Crippen LogP contribution is -2.37. The predicted molar refractivity (Wildman–Crippen MR) is 134 cm³/mol. The van der Waals surface area contributed by atoms with E-state index in [0.717, 1.165) is 24.2 Å². The van der Waals surface area contributed by atoms with Gasteiger partial charge in [-0.3, -0.25) is 19.1 Å². The molecule has 1 aromatic heterocycles. The van der Waals surface area contributed by atoms with Crippen LogP contribution in [0.2, 0.25) is 0 Å². The number of carbonyl (C=O) groups is 2. The summed E-state index contributed by atoms with van der Waals surface area (Å²) in [7, 11) is 1.78. The number of amides is 2. The van der Waals surface area contributed by atoms with E-state index in [9.17, 15) is 14.4 Å². The molecule has 4 rings (SSSR count). The molecule has 7 nitrogen and oxygen atoms in total. The van der Waals surface area contributed by atoms with Crippen molar-refractivity contribution in [2.75, 3.05) is 28.3 Å². The van der Waals surface area contributed by atoms with Crippen LogP contribution in [0.25, 0.3) is 5.69 Å². The zero-order chi connectivity index (χ0) is 23.5. The Labute approximate surface area is 197 Å². The zero-order valence-electron chi connectivity index (χ0n) is 19.1. The number of rotatable bonds is 6. The molecule has 1 aliphatic heterocycles. The maximum Gasteiger partial charge on any atom is 0.295 e. The van der Waals surface area contributed by atoms with Crippen molar-refractivity contribution in [2.45, 2.75) is 26.7 Å². The van der Waals surface area contributed by atoms with Crippen molar-refractivity contribution in [1.82, 2.24) is 9.36 Å². The Bertz CT molecular complexity index is 1250. The highest BCUT2D eigenvalue weighted by atomic mass is 32.2. The van der Waals surface area contributed by atoms with E-state index in [-0.39, 0.29) is 34.6 Å². The van der Waals surface area contributed by atoms with Gasteiger partial charge in [-0.05, 0) is 50.5 Å². The van der Waals surface area contributed by atoms with Crippen LogP contribution in [-0.4, -0.2) is 39.2 Å². The molecule has 0 atom stereocenters. The van der Waals surface area contributed by atoms with Gasteiger partial charge >= 0.3 is 0 Å². The van der Waals surface area contributed by atoms with Crippen molar-refractivity contribution in [3.63, 3.8) is 0 Å². The number of carbonyl (C=O) groups excluding carboxylic acids is 2. The SMILES string of the molecule is Cc1ccc2c(c1)CCCN2C(=O)CSCC(=O)Nc1c(C)n(C)n(-c2ccccc2)c1=O. The van der Waals surface area contributed by atoms with Gasteiger partial charge in [0.1, 0.15) is 5.69 Å². The van der Waals surface area contributed by atoms with Crippen molar-refractivity contribution in [2.24, 2.45) is 7.05 Å². The van der Waals surface area contributed by atoms with E-state index in [0.29, 0.717) is 12.2 Å². The van der Waals surface area contributed by atoms with E-state index in [1.54, 1.807) is 18.7 Å². The summed E-state index contributed by atoms with van der Waals surface area (Å²) in [6, 6.07) is 15.5. The third-order valence-electron chi connectivity index (χ3n) is 5.93. The van der Waals surface area contributed by atoms with Crippen molar-refractivity contribution < 1.29 is 9.59 Å². The zero-order valence-corrected chi connectivity index (χ0v) is 19.9. The third kappa shape index (κ3) is 4.75. The largest absolute Gasteiger partial charge is 0.319 e. The van der Waals surface area contributed by atoms with E-state index in [1.165, 1.54) is 27.6 Å². The molecular formula is C25H28N4O3S. The minimum Gasteiger partial charge on any atom is -0.319 e. The molecule has 0 saturated carbocycles. The average Bonchev–Trinajstić information content (AvgIpc) is 3.02. The number of para-hydroxylation sites is 1. The summed E-state index contributed by atoms with van der Waals surface area (Å²) in [5.41, 5.74) is 4.74. The van der Waals surface area contributed by atoms with Crippen LogP contribution in [0, 0.1) is 13.8 Å². The number of anilines is 2. The van der Waals surface area contributed by atoms with E-state index >= 15 is 0 Å². The number of fused-ring (bicyclic) bond motifs is 1. The summed E-state index contributed by atoms with van der Waals surface area (Å²) in [4.78, 5) is 40.1. The highest BCUT2D eigenvalue weighted by molar-refractivity contribution is 8.00. The minimum atomic E-state index is -0.298. The molecule has 172 valence electrons. The normalized spacial score (nSPS) is 13.0. The monoisotopic (exact) mass is 464 g/mol. The lowest BCUT2D eigenvalue weighted by molar-refractivity contribution is -0.116. The molecule has 1 N–H and O–H groups in total. The summed E-state index contributed by atoms with van der Waals surface area (Å²) in [6.07, 6.45) is 1.92. The van der Waals surface area contributed by atoms with Crippen LogP contribution in [0.3, 0.4) is 0 Å². The Balaban J connectivity index is 1.37. The van der Waals surface area contributed by atoms with Crippen LogP contribution in [0.15, 0.2) is 53.3 Å². The second-order valence-corrected chi connectivity index (χ2v) is 9.24. The summed E-state index contributed by atoms with van der Waals surface area (Å²) >= 11 is 1.26. The molecule has 33 heavy (non-hydrogen) atoms. The fraction of sp³-hybridized carbons (Fsp3) is 0.320. The van der Waals surface area contributed by atoms with E-state index in [4.69, 9.17) is 0 Å². The number of benzene rings is 2. The van der Waals surface area contributed by atoms with Gasteiger partial charge in [0.05, 0.1) is 22.9 Å². The molecular weight excluding hydrogens is 436 g/mol. The topological polar surface area (TPSA) is 76.3 Å². The summed E-state index contributed by atoms with van der Waals surface area (Å²) in [6.45, 7) is 4.55. The number of aryl methyl sites for hydroxylation is 2. The number of nitrogens with one attached hydrogen (secondary N) is 1. The fourth-order valence-electron chi connectivity index (χ4n) is 4.18. The second-order valence-electron chi connectivity index (χ2n) is 8.26. The summed E-state index contributed by atoms with van der Waals surface area (Å²) < 4.78 is 3.25. The Morgan fingerprint density at radius 3 is 2.58 bits per heavy atom. The van der Waals surface area contributed by atoms with Gasteiger partial charge in [-0.2, -0.15) is 0 Å². The fourth-order valence-corrected chi connectivity index (χ4v) is 4.87. The lowest BCUT2D eigenvalue weighted by Gasteiger charge is -2.29. The van der Waals surface area contributed by atoms with Crippen molar-refractivity contribution in [1.29, 1.82) is 0 Å².